The number of nitrogens with zero attached hydrogens (tertiary/aromatic N) is 4. The van der Waals surface area contributed by atoms with Gasteiger partial charge in [-0.05, 0) is 56.3 Å². The van der Waals surface area contributed by atoms with Gasteiger partial charge >= 0.3 is 0 Å². The summed E-state index contributed by atoms with van der Waals surface area (Å²) >= 11 is 0. The van der Waals surface area contributed by atoms with Crippen LogP contribution in [0.5, 0.6) is 5.75 Å². The lowest BCUT2D eigenvalue weighted by atomic mass is 10.2. The molecule has 2 aromatic heterocycles. The van der Waals surface area contributed by atoms with Crippen LogP contribution in [0.25, 0.3) is 10.9 Å². The second-order valence-electron chi connectivity index (χ2n) is 7.58. The molecular weight excluding hydrogens is 425 g/mol. The van der Waals surface area contributed by atoms with Gasteiger partial charge in [-0.2, -0.15) is 10.1 Å². The van der Waals surface area contributed by atoms with E-state index in [9.17, 15) is 9.18 Å². The van der Waals surface area contributed by atoms with Crippen LogP contribution in [0.4, 0.5) is 27.5 Å². The fourth-order valence-corrected chi connectivity index (χ4v) is 3.16. The molecule has 9 nitrogen and oxygen atoms in total. The van der Waals surface area contributed by atoms with Crippen LogP contribution >= 0.6 is 0 Å². The number of nitrogens with one attached hydrogen (secondary N) is 3. The average Bonchev–Trinajstić information content (AvgIpc) is 3.19. The van der Waals surface area contributed by atoms with Gasteiger partial charge in [0, 0.05) is 23.8 Å². The molecule has 0 saturated heterocycles. The minimum atomic E-state index is -0.597. The molecule has 33 heavy (non-hydrogen) atoms. The van der Waals surface area contributed by atoms with E-state index in [0.717, 1.165) is 28.5 Å². The van der Waals surface area contributed by atoms with Crippen molar-refractivity contribution in [2.24, 2.45) is 0 Å². The lowest BCUT2D eigenvalue weighted by Gasteiger charge is -2.12. The van der Waals surface area contributed by atoms with Crippen molar-refractivity contribution in [3.63, 3.8) is 0 Å². The van der Waals surface area contributed by atoms with Crippen LogP contribution in [0.2, 0.25) is 0 Å². The van der Waals surface area contributed by atoms with Gasteiger partial charge in [0.15, 0.2) is 11.6 Å². The van der Waals surface area contributed by atoms with Crippen molar-refractivity contribution in [1.82, 2.24) is 25.1 Å². The average molecular weight is 449 g/mol. The summed E-state index contributed by atoms with van der Waals surface area (Å²) in [5.74, 6) is 0.245. The highest BCUT2D eigenvalue weighted by molar-refractivity contribution is 5.85. The second kappa shape index (κ2) is 9.51. The summed E-state index contributed by atoms with van der Waals surface area (Å²) < 4.78 is 21.6. The van der Waals surface area contributed by atoms with Crippen LogP contribution in [0.15, 0.2) is 54.9 Å². The van der Waals surface area contributed by atoms with Crippen molar-refractivity contribution in [3.05, 3.63) is 60.7 Å². The summed E-state index contributed by atoms with van der Waals surface area (Å²) in [6.45, 7) is 4.00. The van der Waals surface area contributed by atoms with Gasteiger partial charge in [0.05, 0.1) is 24.0 Å². The minimum Gasteiger partial charge on any atom is -0.491 e. The van der Waals surface area contributed by atoms with Crippen molar-refractivity contribution in [2.75, 3.05) is 17.7 Å². The maximum Gasteiger partial charge on any atom is 0.241 e. The molecule has 0 aliphatic heterocycles. The van der Waals surface area contributed by atoms with Gasteiger partial charge in [-0.3, -0.25) is 9.48 Å². The van der Waals surface area contributed by atoms with Crippen LogP contribution in [0, 0.1) is 5.82 Å². The van der Waals surface area contributed by atoms with Gasteiger partial charge in [-0.25, -0.2) is 9.37 Å². The van der Waals surface area contributed by atoms with Crippen LogP contribution in [0.1, 0.15) is 13.8 Å². The molecule has 10 heteroatoms. The molecule has 1 amide bonds. The molecule has 0 atom stereocenters. The minimum absolute atomic E-state index is 0.0176. The first kappa shape index (κ1) is 22.0. The molecule has 0 fully saturated rings. The summed E-state index contributed by atoms with van der Waals surface area (Å²) in [7, 11) is 1.57. The Balaban J connectivity index is 1.52. The van der Waals surface area contributed by atoms with Crippen molar-refractivity contribution >= 4 is 40.0 Å². The fraction of sp³-hybridized carbons (Fsp3) is 0.217. The monoisotopic (exact) mass is 449 g/mol. The zero-order valence-corrected chi connectivity index (χ0v) is 18.5. The number of likely N-dealkylation sites (N-methyl/N-ethyl adjacent to an activating group) is 1. The number of carbonyl (C=O) groups is 1. The van der Waals surface area contributed by atoms with Crippen LogP contribution in [0.3, 0.4) is 0 Å². The maximum atomic E-state index is 14.4. The fourth-order valence-electron chi connectivity index (χ4n) is 3.16. The highest BCUT2D eigenvalue weighted by Crippen LogP contribution is 2.25. The predicted molar refractivity (Wildman–Crippen MR) is 125 cm³/mol. The van der Waals surface area contributed by atoms with Gasteiger partial charge in [-0.15, -0.1) is 0 Å². The quantitative estimate of drug-likeness (QED) is 0.374. The molecule has 2 heterocycles. The van der Waals surface area contributed by atoms with Gasteiger partial charge in [0.2, 0.25) is 11.9 Å². The molecule has 0 spiro atoms. The number of aromatic nitrogens is 4. The van der Waals surface area contributed by atoms with Crippen LogP contribution in [-0.2, 0) is 11.3 Å². The van der Waals surface area contributed by atoms with Gasteiger partial charge in [0.25, 0.3) is 0 Å². The Morgan fingerprint density at radius 2 is 1.85 bits per heavy atom. The molecule has 0 aliphatic rings. The lowest BCUT2D eigenvalue weighted by molar-refractivity contribution is -0.121. The molecule has 4 rings (SSSR count). The highest BCUT2D eigenvalue weighted by atomic mass is 19.1. The first-order valence-corrected chi connectivity index (χ1v) is 10.4. The zero-order valence-electron chi connectivity index (χ0n) is 18.5. The van der Waals surface area contributed by atoms with Crippen molar-refractivity contribution in [3.8, 4) is 5.75 Å². The third-order valence-electron chi connectivity index (χ3n) is 4.71. The summed E-state index contributed by atoms with van der Waals surface area (Å²) in [5, 5.41) is 13.7. The van der Waals surface area contributed by atoms with E-state index < -0.39 is 5.82 Å². The van der Waals surface area contributed by atoms with Crippen molar-refractivity contribution in [1.29, 1.82) is 0 Å². The maximum absolute atomic E-state index is 14.4. The van der Waals surface area contributed by atoms with E-state index in [1.807, 2.05) is 44.2 Å². The molecule has 0 bridgehead atoms. The molecule has 3 N–H and O–H groups in total. The zero-order chi connectivity index (χ0) is 23.4. The summed E-state index contributed by atoms with van der Waals surface area (Å²) in [5.41, 5.74) is 2.07. The Labute approximate surface area is 190 Å². The number of halogens is 1. The van der Waals surface area contributed by atoms with E-state index in [-0.39, 0.29) is 30.3 Å². The van der Waals surface area contributed by atoms with Gasteiger partial charge in [0.1, 0.15) is 12.3 Å². The number of hydrogen-bond acceptors (Lipinski definition) is 7. The number of rotatable bonds is 8. The molecule has 2 aromatic carbocycles. The second-order valence-corrected chi connectivity index (χ2v) is 7.58. The van der Waals surface area contributed by atoms with E-state index in [2.05, 4.69) is 31.0 Å². The van der Waals surface area contributed by atoms with Gasteiger partial charge < -0.3 is 20.7 Å². The molecule has 0 aliphatic carbocycles. The first-order chi connectivity index (χ1) is 15.9. The highest BCUT2D eigenvalue weighted by Gasteiger charge is 2.11. The number of fused-ring (bicyclic) bond motifs is 1. The third kappa shape index (κ3) is 5.35. The molecular formula is C23H24FN7O2. The molecule has 0 radical (unpaired) electrons. The summed E-state index contributed by atoms with van der Waals surface area (Å²) in [6, 6.07) is 12.7. The molecule has 170 valence electrons. The van der Waals surface area contributed by atoms with E-state index >= 15 is 0 Å². The van der Waals surface area contributed by atoms with E-state index in [4.69, 9.17) is 4.74 Å². The summed E-state index contributed by atoms with van der Waals surface area (Å²) in [4.78, 5) is 20.0. The molecule has 4 aromatic rings. The largest absolute Gasteiger partial charge is 0.491 e. The SMILES string of the molecule is CNC(=O)Cn1ncc2ccc(Nc3nc(Nc4ccc(OC(C)C)cc4)ncc3F)cc21. The third-order valence-corrected chi connectivity index (χ3v) is 4.71. The number of ether oxygens (including phenoxy) is 1. The molecule has 0 unspecified atom stereocenters. The Hall–Kier alpha value is -4.21. The van der Waals surface area contributed by atoms with Crippen molar-refractivity contribution < 1.29 is 13.9 Å². The van der Waals surface area contributed by atoms with Crippen molar-refractivity contribution in [2.45, 2.75) is 26.5 Å². The number of hydrogen-bond donors (Lipinski definition) is 3. The standard InChI is InChI=1S/C23H24FN7O2/c1-14(2)33-18-8-6-16(7-9-18)29-23-26-12-19(24)22(30-23)28-17-5-4-15-11-27-31(20(15)10-17)13-21(32)25-3/h4-12,14H,13H2,1-3H3,(H,25,32)(H2,26,28,29,30). The lowest BCUT2D eigenvalue weighted by Crippen LogP contribution is -2.23. The van der Waals surface area contributed by atoms with E-state index in [0.29, 0.717) is 5.69 Å². The summed E-state index contributed by atoms with van der Waals surface area (Å²) in [6.07, 6.45) is 2.86. The number of carbonyl (C=O) groups excluding carboxylic acids is 1. The van der Waals surface area contributed by atoms with E-state index in [1.54, 1.807) is 30.1 Å². The Morgan fingerprint density at radius 3 is 2.58 bits per heavy atom. The topological polar surface area (TPSA) is 106 Å². The Bertz CT molecular complexity index is 1270. The Kier molecular flexibility index (Phi) is 6.34. The first-order valence-electron chi connectivity index (χ1n) is 10.4. The smallest absolute Gasteiger partial charge is 0.241 e. The number of anilines is 4. The van der Waals surface area contributed by atoms with E-state index in [1.165, 1.54) is 0 Å². The predicted octanol–water partition coefficient (Wildman–Crippen LogP) is 3.99. The van der Waals surface area contributed by atoms with Crippen LogP contribution in [-0.4, -0.2) is 38.8 Å². The number of amides is 1. The molecule has 0 saturated carbocycles. The Morgan fingerprint density at radius 1 is 1.09 bits per heavy atom. The normalized spacial score (nSPS) is 10.9. The number of benzene rings is 2. The van der Waals surface area contributed by atoms with Crippen LogP contribution < -0.4 is 20.7 Å². The van der Waals surface area contributed by atoms with Gasteiger partial charge in [-0.1, -0.05) is 0 Å².